The Hall–Kier alpha value is -0.970. The van der Waals surface area contributed by atoms with Gasteiger partial charge in [-0.15, -0.1) is 0 Å². The minimum atomic E-state index is -3.84. The van der Waals surface area contributed by atoms with Crippen molar-refractivity contribution in [2.45, 2.75) is 19.8 Å². The molecule has 0 unspecified atom stereocenters. The molecule has 0 spiro atoms. The first-order valence-corrected chi connectivity index (χ1v) is 4.94. The second kappa shape index (κ2) is 3.89. The summed E-state index contributed by atoms with van der Waals surface area (Å²) in [5.41, 5.74) is 0.685. The molecule has 1 aromatic carbocycles. The van der Waals surface area contributed by atoms with Crippen LogP contribution in [0.25, 0.3) is 0 Å². The second-order valence-corrected chi connectivity index (χ2v) is 4.10. The van der Waals surface area contributed by atoms with Crippen LogP contribution in [0.4, 0.5) is 8.78 Å². The molecule has 2 nitrogen and oxygen atoms in total. The summed E-state index contributed by atoms with van der Waals surface area (Å²) in [5, 5.41) is 8.38. The summed E-state index contributed by atoms with van der Waals surface area (Å²) in [7, 11) is 0. The van der Waals surface area contributed by atoms with Gasteiger partial charge in [-0.3, -0.25) is 0 Å². The van der Waals surface area contributed by atoms with Gasteiger partial charge in [-0.25, -0.2) is 4.79 Å². The zero-order chi connectivity index (χ0) is 11.8. The van der Waals surface area contributed by atoms with Gasteiger partial charge in [0.1, 0.15) is 0 Å². The van der Waals surface area contributed by atoms with E-state index in [1.165, 1.54) is 12.1 Å². The average molecular weight is 279 g/mol. The van der Waals surface area contributed by atoms with Crippen molar-refractivity contribution >= 4 is 21.9 Å². The van der Waals surface area contributed by atoms with Gasteiger partial charge >= 0.3 is 11.9 Å². The molecule has 0 heterocycles. The van der Waals surface area contributed by atoms with E-state index >= 15 is 0 Å². The molecule has 0 saturated heterocycles. The minimum Gasteiger partial charge on any atom is -0.477 e. The fraction of sp³-hybridized carbons (Fsp3) is 0.300. The summed E-state index contributed by atoms with van der Waals surface area (Å²) in [4.78, 5) is 10.4. The van der Waals surface area contributed by atoms with Crippen molar-refractivity contribution in [3.05, 3.63) is 33.3 Å². The highest BCUT2D eigenvalue weighted by atomic mass is 79.9. The molecule has 0 aliphatic rings. The van der Waals surface area contributed by atoms with E-state index in [2.05, 4.69) is 15.9 Å². The zero-order valence-electron chi connectivity index (χ0n) is 8.14. The van der Waals surface area contributed by atoms with Crippen LogP contribution in [0.3, 0.4) is 0 Å². The largest absolute Gasteiger partial charge is 0.477 e. The van der Waals surface area contributed by atoms with E-state index in [0.29, 0.717) is 15.6 Å². The molecule has 0 radical (unpaired) electrons. The van der Waals surface area contributed by atoms with Crippen LogP contribution in [-0.2, 0) is 10.7 Å². The highest BCUT2D eigenvalue weighted by Gasteiger charge is 2.41. The third-order valence-corrected chi connectivity index (χ3v) is 3.32. The maximum atomic E-state index is 13.2. The number of rotatable bonds is 2. The van der Waals surface area contributed by atoms with E-state index in [4.69, 9.17) is 5.11 Å². The second-order valence-electron chi connectivity index (χ2n) is 3.30. The van der Waals surface area contributed by atoms with Gasteiger partial charge in [0.15, 0.2) is 0 Å². The Balaban J connectivity index is 3.34. The molecule has 5 heteroatoms. The highest BCUT2D eigenvalue weighted by molar-refractivity contribution is 9.10. The predicted octanol–water partition coefficient (Wildman–Crippen LogP) is 3.24. The molecule has 0 atom stereocenters. The average Bonchev–Trinajstić information content (AvgIpc) is 2.13. The molecule has 1 aromatic rings. The zero-order valence-corrected chi connectivity index (χ0v) is 9.73. The van der Waals surface area contributed by atoms with E-state index in [-0.39, 0.29) is 0 Å². The van der Waals surface area contributed by atoms with Crippen molar-refractivity contribution in [1.29, 1.82) is 0 Å². The predicted molar refractivity (Wildman–Crippen MR) is 55.1 cm³/mol. The Labute approximate surface area is 94.0 Å². The van der Waals surface area contributed by atoms with Gasteiger partial charge < -0.3 is 5.11 Å². The van der Waals surface area contributed by atoms with Crippen LogP contribution in [0.5, 0.6) is 0 Å². The maximum absolute atomic E-state index is 13.2. The van der Waals surface area contributed by atoms with E-state index < -0.39 is 17.5 Å². The van der Waals surface area contributed by atoms with E-state index in [0.717, 1.165) is 0 Å². The van der Waals surface area contributed by atoms with Crippen molar-refractivity contribution in [3.63, 3.8) is 0 Å². The van der Waals surface area contributed by atoms with Crippen LogP contribution in [-0.4, -0.2) is 11.1 Å². The van der Waals surface area contributed by atoms with Crippen LogP contribution in [0.1, 0.15) is 16.7 Å². The third-order valence-electron chi connectivity index (χ3n) is 2.07. The molecule has 1 rings (SSSR count). The summed E-state index contributed by atoms with van der Waals surface area (Å²) < 4.78 is 27.0. The standard InChI is InChI=1S/C10H9BrF2O2/c1-5-3-7(4-6(2)8(5)11)10(12,13)9(14)15/h3-4H,1-2H3,(H,14,15). The fourth-order valence-corrected chi connectivity index (χ4v) is 1.48. The summed E-state index contributed by atoms with van der Waals surface area (Å²) in [6.45, 7) is 3.27. The van der Waals surface area contributed by atoms with Gasteiger partial charge in [0.2, 0.25) is 0 Å². The molecule has 0 saturated carbocycles. The lowest BCUT2D eigenvalue weighted by molar-refractivity contribution is -0.166. The van der Waals surface area contributed by atoms with Crippen LogP contribution < -0.4 is 0 Å². The first-order chi connectivity index (χ1) is 6.76. The number of benzene rings is 1. The van der Waals surface area contributed by atoms with Gasteiger partial charge in [-0.2, -0.15) is 8.78 Å². The van der Waals surface area contributed by atoms with Gasteiger partial charge in [0.25, 0.3) is 0 Å². The molecule has 0 aliphatic heterocycles. The van der Waals surface area contributed by atoms with Crippen molar-refractivity contribution in [1.82, 2.24) is 0 Å². The topological polar surface area (TPSA) is 37.3 Å². The number of hydrogen-bond acceptors (Lipinski definition) is 1. The van der Waals surface area contributed by atoms with Crippen molar-refractivity contribution in [2.24, 2.45) is 0 Å². The van der Waals surface area contributed by atoms with Crippen LogP contribution >= 0.6 is 15.9 Å². The Kier molecular flexibility index (Phi) is 3.13. The fourth-order valence-electron chi connectivity index (χ4n) is 1.25. The van der Waals surface area contributed by atoms with Crippen LogP contribution in [0.15, 0.2) is 16.6 Å². The van der Waals surface area contributed by atoms with Crippen molar-refractivity contribution < 1.29 is 18.7 Å². The van der Waals surface area contributed by atoms with Gasteiger partial charge in [0.05, 0.1) is 0 Å². The van der Waals surface area contributed by atoms with Crippen LogP contribution in [0, 0.1) is 13.8 Å². The molecular formula is C10H9BrF2O2. The number of carboxylic acids is 1. The molecule has 0 amide bonds. The summed E-state index contributed by atoms with van der Waals surface area (Å²) >= 11 is 3.22. The molecule has 0 aromatic heterocycles. The molecule has 15 heavy (non-hydrogen) atoms. The monoisotopic (exact) mass is 278 g/mol. The Morgan fingerprint density at radius 2 is 1.73 bits per heavy atom. The Bertz CT molecular complexity index is 393. The van der Waals surface area contributed by atoms with Gasteiger partial charge in [-0.1, -0.05) is 15.9 Å². The van der Waals surface area contributed by atoms with Crippen LogP contribution in [0.2, 0.25) is 0 Å². The van der Waals surface area contributed by atoms with Crippen molar-refractivity contribution in [2.75, 3.05) is 0 Å². The quantitative estimate of drug-likeness (QED) is 0.902. The lowest BCUT2D eigenvalue weighted by atomic mass is 10.0. The molecule has 0 fully saturated rings. The van der Waals surface area contributed by atoms with E-state index in [1.54, 1.807) is 13.8 Å². The van der Waals surface area contributed by atoms with E-state index in [1.807, 2.05) is 0 Å². The normalized spacial score (nSPS) is 11.5. The molecule has 0 bridgehead atoms. The SMILES string of the molecule is Cc1cc(C(F)(F)C(=O)O)cc(C)c1Br. The molecule has 82 valence electrons. The highest BCUT2D eigenvalue weighted by Crippen LogP contribution is 2.32. The number of carboxylic acid groups (broad SMARTS) is 1. The Morgan fingerprint density at radius 1 is 1.33 bits per heavy atom. The lowest BCUT2D eigenvalue weighted by Crippen LogP contribution is -2.25. The number of halogens is 3. The Morgan fingerprint density at radius 3 is 2.07 bits per heavy atom. The smallest absolute Gasteiger partial charge is 0.379 e. The van der Waals surface area contributed by atoms with Crippen molar-refractivity contribution in [3.8, 4) is 0 Å². The number of alkyl halides is 2. The number of aliphatic carboxylic acids is 1. The number of aryl methyl sites for hydroxylation is 2. The number of hydrogen-bond donors (Lipinski definition) is 1. The lowest BCUT2D eigenvalue weighted by Gasteiger charge is -2.14. The maximum Gasteiger partial charge on any atom is 0.379 e. The third kappa shape index (κ3) is 2.17. The molecule has 0 aliphatic carbocycles. The summed E-state index contributed by atoms with van der Waals surface area (Å²) in [6.07, 6.45) is 0. The summed E-state index contributed by atoms with van der Waals surface area (Å²) in [5.74, 6) is -5.97. The van der Waals surface area contributed by atoms with Gasteiger partial charge in [0, 0.05) is 10.0 Å². The molecule has 1 N–H and O–H groups in total. The molecular weight excluding hydrogens is 270 g/mol. The minimum absolute atomic E-state index is 0.492. The first-order valence-electron chi connectivity index (χ1n) is 4.15. The number of carbonyl (C=O) groups is 1. The van der Waals surface area contributed by atoms with E-state index in [9.17, 15) is 13.6 Å². The summed E-state index contributed by atoms with van der Waals surface area (Å²) in [6, 6.07) is 2.34. The first kappa shape index (κ1) is 12.1. The van der Waals surface area contributed by atoms with Gasteiger partial charge in [-0.05, 0) is 37.1 Å².